The lowest BCUT2D eigenvalue weighted by Gasteiger charge is -2.57. The maximum Gasteiger partial charge on any atom is 0.328 e. The van der Waals surface area contributed by atoms with Crippen LogP contribution in [0.3, 0.4) is 0 Å². The van der Waals surface area contributed by atoms with Gasteiger partial charge in [0.15, 0.2) is 17.2 Å². The summed E-state index contributed by atoms with van der Waals surface area (Å²) in [6.07, 6.45) is 10.7. The molecule has 0 radical (unpaired) electrons. The first-order chi connectivity index (χ1) is 31.9. The molecule has 2 bridgehead atoms. The number of carbonyl (C=O) groups is 4. The fourth-order valence-corrected chi connectivity index (χ4v) is 12.2. The van der Waals surface area contributed by atoms with Gasteiger partial charge >= 0.3 is 6.03 Å². The van der Waals surface area contributed by atoms with Crippen LogP contribution in [0.15, 0.2) is 48.7 Å². The van der Waals surface area contributed by atoms with Gasteiger partial charge in [-0.3, -0.25) is 34.4 Å². The van der Waals surface area contributed by atoms with Crippen LogP contribution >= 0.6 is 11.6 Å². The van der Waals surface area contributed by atoms with Crippen LogP contribution in [0.2, 0.25) is 5.02 Å². The molecule has 5 amide bonds. The Bertz CT molecular complexity index is 2540. The number of piperidine rings is 1. The van der Waals surface area contributed by atoms with Crippen molar-refractivity contribution in [3.63, 3.8) is 0 Å². The molecule has 5 aliphatic heterocycles. The van der Waals surface area contributed by atoms with Gasteiger partial charge in [-0.25, -0.2) is 18.7 Å². The normalized spacial score (nSPS) is 23.5. The fourth-order valence-electron chi connectivity index (χ4n) is 12.0. The van der Waals surface area contributed by atoms with Crippen LogP contribution in [0.5, 0.6) is 0 Å². The number of aliphatic hydroxyl groups is 1. The Labute approximate surface area is 388 Å². The summed E-state index contributed by atoms with van der Waals surface area (Å²) in [6, 6.07) is 14.0. The highest BCUT2D eigenvalue weighted by Gasteiger charge is 2.57. The number of carbonyl (C=O) groups excluding carboxylic acids is 4. The highest BCUT2D eigenvalue weighted by atomic mass is 35.5. The predicted molar refractivity (Wildman–Crippen MR) is 249 cm³/mol. The standard InChI is InChI=1S/C47H55ClFN11O4.CH4O/c1-50-36-21-40(54-60-39(22-51-42(36)60)43(62)52-31-5-3-6-31)57-16-12-34-30(4-2-7-37(34)57)23-59-32-9-10-33(59)25-55(24-32)28-47(49)26-46(27-47)14-18-56(19-15-46)44(63)29-8-11-35(48)38(20-29)58-17-13-41(61)53-45(58)64;1-2/h2,4,7-8,11,20-22,31-33,50H,3,5-6,9-10,12-19,23-28H2,1H3,(H,52,62)(H,53,61,64);2H,1H3. The number of nitrogens with one attached hydrogen (secondary N) is 3. The minimum atomic E-state index is -1.22. The van der Waals surface area contributed by atoms with Crippen molar-refractivity contribution in [2.75, 3.05) is 75.1 Å². The fraction of sp³-hybridized carbons (Fsp3) is 0.542. The number of urea groups is 1. The van der Waals surface area contributed by atoms with E-state index < -0.39 is 11.7 Å². The number of hydrogen-bond donors (Lipinski definition) is 4. The number of alkyl halides is 1. The van der Waals surface area contributed by atoms with E-state index in [1.165, 1.54) is 16.0 Å². The molecular formula is C48H59ClFN11O5. The molecule has 350 valence electrons. The third-order valence-electron chi connectivity index (χ3n) is 15.4. The van der Waals surface area contributed by atoms with Gasteiger partial charge in [0.1, 0.15) is 5.67 Å². The molecule has 11 rings (SSSR count). The zero-order valence-electron chi connectivity index (χ0n) is 37.7. The zero-order chi connectivity index (χ0) is 45.9. The second-order valence-electron chi connectivity index (χ2n) is 19.4. The van der Waals surface area contributed by atoms with Crippen molar-refractivity contribution in [1.82, 2.24) is 39.9 Å². The molecule has 7 aliphatic rings. The third kappa shape index (κ3) is 8.15. The Morgan fingerprint density at radius 3 is 2.38 bits per heavy atom. The number of hydrogen-bond acceptors (Lipinski definition) is 11. The van der Waals surface area contributed by atoms with Crippen molar-refractivity contribution in [3.05, 3.63) is 76.1 Å². The highest BCUT2D eigenvalue weighted by molar-refractivity contribution is 6.34. The average Bonchev–Trinajstić information content (AvgIpc) is 3.99. The molecule has 2 aromatic heterocycles. The van der Waals surface area contributed by atoms with Gasteiger partial charge in [-0.1, -0.05) is 23.7 Å². The molecule has 1 spiro atoms. The lowest BCUT2D eigenvalue weighted by Crippen LogP contribution is -2.61. The topological polar surface area (TPSA) is 171 Å². The van der Waals surface area contributed by atoms with Crippen molar-refractivity contribution >= 4 is 63.9 Å². The van der Waals surface area contributed by atoms with Crippen molar-refractivity contribution in [3.8, 4) is 0 Å². The van der Waals surface area contributed by atoms with Crippen LogP contribution in [-0.4, -0.2) is 142 Å². The van der Waals surface area contributed by atoms with Gasteiger partial charge in [-0.15, -0.1) is 5.10 Å². The Morgan fingerprint density at radius 2 is 1.68 bits per heavy atom. The van der Waals surface area contributed by atoms with Gasteiger partial charge in [-0.05, 0) is 105 Å². The van der Waals surface area contributed by atoms with Gasteiger partial charge in [0.05, 0.1) is 22.6 Å². The number of fused-ring (bicyclic) bond motifs is 4. The number of likely N-dealkylation sites (tertiary alicyclic amines) is 2. The van der Waals surface area contributed by atoms with Crippen LogP contribution in [0.4, 0.5) is 32.1 Å². The zero-order valence-corrected chi connectivity index (χ0v) is 38.5. The molecule has 2 unspecified atom stereocenters. The molecule has 4 N–H and O–H groups in total. The smallest absolute Gasteiger partial charge is 0.328 e. The van der Waals surface area contributed by atoms with E-state index in [-0.39, 0.29) is 42.1 Å². The van der Waals surface area contributed by atoms with E-state index in [1.807, 2.05) is 18.0 Å². The second-order valence-corrected chi connectivity index (χ2v) is 19.8. The maximum absolute atomic E-state index is 16.6. The number of amides is 5. The molecule has 4 aromatic rings. The van der Waals surface area contributed by atoms with Gasteiger partial charge in [0, 0.05) is 108 Å². The predicted octanol–water partition coefficient (Wildman–Crippen LogP) is 5.53. The van der Waals surface area contributed by atoms with E-state index >= 15 is 4.39 Å². The summed E-state index contributed by atoms with van der Waals surface area (Å²) in [4.78, 5) is 66.2. The molecular weight excluding hydrogens is 865 g/mol. The van der Waals surface area contributed by atoms with E-state index in [0.29, 0.717) is 72.2 Å². The van der Waals surface area contributed by atoms with Gasteiger partial charge in [0.2, 0.25) is 5.91 Å². The number of imidazole rings is 1. The SMILES string of the molecule is CNc1cc(N2CCc3c(CN4C5CCC4CN(CC4(F)CC6(CCN(C(=O)c7ccc(Cl)c(N8CCC(=O)NC8=O)c7)CC6)C4)C5)cccc32)nn2c(C(=O)NC3CCC3)cnc12.CO. The molecule has 16 nitrogen and oxygen atoms in total. The summed E-state index contributed by atoms with van der Waals surface area (Å²) >= 11 is 6.43. The number of imide groups is 1. The van der Waals surface area contributed by atoms with Crippen LogP contribution in [0.1, 0.15) is 96.2 Å². The molecule has 18 heteroatoms. The van der Waals surface area contributed by atoms with Gasteiger partial charge in [-0.2, -0.15) is 0 Å². The van der Waals surface area contributed by atoms with E-state index in [0.717, 1.165) is 102 Å². The van der Waals surface area contributed by atoms with Gasteiger partial charge < -0.3 is 25.5 Å². The second kappa shape index (κ2) is 17.7. The quantitative estimate of drug-likeness (QED) is 0.158. The van der Waals surface area contributed by atoms with Crippen molar-refractivity contribution in [1.29, 1.82) is 0 Å². The molecule has 2 aromatic carbocycles. The van der Waals surface area contributed by atoms with E-state index in [4.69, 9.17) is 21.8 Å². The first-order valence-electron chi connectivity index (χ1n) is 23.5. The van der Waals surface area contributed by atoms with Crippen molar-refractivity contribution < 1.29 is 28.7 Å². The van der Waals surface area contributed by atoms with Gasteiger partial charge in [0.25, 0.3) is 11.8 Å². The lowest BCUT2D eigenvalue weighted by atomic mass is 9.55. The monoisotopic (exact) mass is 923 g/mol. The highest BCUT2D eigenvalue weighted by Crippen LogP contribution is 2.57. The summed E-state index contributed by atoms with van der Waals surface area (Å²) in [5.41, 5.74) is 5.22. The summed E-state index contributed by atoms with van der Waals surface area (Å²) < 4.78 is 18.3. The number of piperazine rings is 1. The minimum absolute atomic E-state index is 0.0847. The largest absolute Gasteiger partial charge is 0.400 e. The number of nitrogens with zero attached hydrogens (tertiary/aromatic N) is 8. The maximum atomic E-state index is 16.6. The Hall–Kier alpha value is -5.36. The lowest BCUT2D eigenvalue weighted by molar-refractivity contribution is -0.120. The van der Waals surface area contributed by atoms with Crippen LogP contribution in [-0.2, 0) is 17.8 Å². The molecule has 2 atom stereocenters. The Kier molecular flexibility index (Phi) is 11.9. The van der Waals surface area contributed by atoms with E-state index in [2.05, 4.69) is 53.8 Å². The first-order valence-corrected chi connectivity index (χ1v) is 23.9. The van der Waals surface area contributed by atoms with Crippen LogP contribution in [0.25, 0.3) is 5.65 Å². The Morgan fingerprint density at radius 1 is 0.939 bits per heavy atom. The van der Waals surface area contributed by atoms with Crippen LogP contribution in [0, 0.1) is 5.41 Å². The molecule has 2 saturated carbocycles. The number of aliphatic hydroxyl groups excluding tert-OH is 1. The minimum Gasteiger partial charge on any atom is -0.400 e. The van der Waals surface area contributed by atoms with E-state index in [9.17, 15) is 19.2 Å². The molecule has 66 heavy (non-hydrogen) atoms. The third-order valence-corrected chi connectivity index (χ3v) is 15.7. The molecule has 2 aliphatic carbocycles. The summed E-state index contributed by atoms with van der Waals surface area (Å²) in [5.74, 6) is 0.155. The van der Waals surface area contributed by atoms with Crippen molar-refractivity contribution in [2.24, 2.45) is 5.41 Å². The number of anilines is 4. The Balaban J connectivity index is 0.00000252. The first kappa shape index (κ1) is 44.5. The van der Waals surface area contributed by atoms with Crippen LogP contribution < -0.4 is 25.8 Å². The number of halogens is 2. The number of rotatable bonds is 10. The van der Waals surface area contributed by atoms with E-state index in [1.54, 1.807) is 28.9 Å². The molecule has 7 heterocycles. The number of aromatic nitrogens is 3. The number of benzene rings is 2. The molecule has 6 fully saturated rings. The molecule has 4 saturated heterocycles. The van der Waals surface area contributed by atoms with Crippen molar-refractivity contribution in [2.45, 2.75) is 101 Å². The summed E-state index contributed by atoms with van der Waals surface area (Å²) in [5, 5.41) is 21.0. The summed E-state index contributed by atoms with van der Waals surface area (Å²) in [6.45, 7) is 5.17. The summed E-state index contributed by atoms with van der Waals surface area (Å²) in [7, 11) is 2.87. The average molecular weight is 925 g/mol.